The number of amides is 2. The topological polar surface area (TPSA) is 65.5 Å². The average Bonchev–Trinajstić information content (AvgIpc) is 3.26. The molecule has 7 heteroatoms. The second kappa shape index (κ2) is 7.78. The van der Waals surface area contributed by atoms with Gasteiger partial charge in [-0.15, -0.1) is 11.3 Å². The molecule has 0 atom stereocenters. The lowest BCUT2D eigenvalue weighted by Gasteiger charge is -2.23. The van der Waals surface area contributed by atoms with Crippen LogP contribution >= 0.6 is 11.3 Å². The van der Waals surface area contributed by atoms with Gasteiger partial charge in [0.15, 0.2) is 5.13 Å². The summed E-state index contributed by atoms with van der Waals surface area (Å²) in [5.41, 5.74) is 2.69. The first-order chi connectivity index (χ1) is 13.1. The third kappa shape index (κ3) is 4.04. The van der Waals surface area contributed by atoms with Gasteiger partial charge in [-0.3, -0.25) is 19.8 Å². The highest BCUT2D eigenvalue weighted by molar-refractivity contribution is 7.15. The Morgan fingerprint density at radius 3 is 2.96 bits per heavy atom. The smallest absolute Gasteiger partial charge is 0.257 e. The van der Waals surface area contributed by atoms with E-state index in [1.165, 1.54) is 4.88 Å². The van der Waals surface area contributed by atoms with Gasteiger partial charge >= 0.3 is 0 Å². The molecule has 4 rings (SSSR count). The van der Waals surface area contributed by atoms with Crippen LogP contribution in [0, 0.1) is 0 Å². The molecule has 0 aliphatic carbocycles. The molecule has 2 aromatic rings. The number of likely N-dealkylation sites (tertiary alicyclic amines) is 1. The van der Waals surface area contributed by atoms with Crippen LogP contribution in [0.25, 0.3) is 0 Å². The summed E-state index contributed by atoms with van der Waals surface area (Å²) in [6.45, 7) is 6.51. The van der Waals surface area contributed by atoms with Gasteiger partial charge in [0.05, 0.1) is 5.69 Å². The molecule has 27 heavy (non-hydrogen) atoms. The van der Waals surface area contributed by atoms with Crippen LogP contribution in [0.4, 0.5) is 5.13 Å². The number of hydrogen-bond acceptors (Lipinski definition) is 5. The number of carbonyl (C=O) groups is 2. The molecule has 1 fully saturated rings. The fourth-order valence-electron chi connectivity index (χ4n) is 3.64. The van der Waals surface area contributed by atoms with Crippen molar-refractivity contribution in [3.63, 3.8) is 0 Å². The average molecular weight is 385 g/mol. The molecule has 142 valence electrons. The van der Waals surface area contributed by atoms with Gasteiger partial charge < -0.3 is 4.90 Å². The minimum Gasteiger partial charge on any atom is -0.338 e. The van der Waals surface area contributed by atoms with Crippen LogP contribution in [0.2, 0.25) is 0 Å². The first-order valence-electron chi connectivity index (χ1n) is 9.51. The number of carbonyl (C=O) groups excluding carboxylic acids is 2. The van der Waals surface area contributed by atoms with Crippen LogP contribution in [-0.2, 0) is 24.3 Å². The molecule has 1 aromatic carbocycles. The lowest BCUT2D eigenvalue weighted by molar-refractivity contribution is -0.128. The molecule has 1 N–H and O–H groups in total. The summed E-state index contributed by atoms with van der Waals surface area (Å²) >= 11 is 1.57. The van der Waals surface area contributed by atoms with Crippen molar-refractivity contribution in [3.8, 4) is 0 Å². The van der Waals surface area contributed by atoms with Crippen molar-refractivity contribution in [2.75, 3.05) is 25.0 Å². The maximum absolute atomic E-state index is 12.7. The summed E-state index contributed by atoms with van der Waals surface area (Å²) in [6.07, 6.45) is 2.49. The normalized spacial score (nSPS) is 17.2. The number of nitrogens with zero attached hydrogens (tertiary/aromatic N) is 3. The Bertz CT molecular complexity index is 863. The SMILES string of the molecule is CCN1CCc2nc(NC(=O)c3cccc(CN4CCCC4=O)c3)sc2C1. The molecule has 0 bridgehead atoms. The Balaban J connectivity index is 1.43. The van der Waals surface area contributed by atoms with E-state index in [0.29, 0.717) is 23.7 Å². The first-order valence-corrected chi connectivity index (χ1v) is 10.3. The summed E-state index contributed by atoms with van der Waals surface area (Å²) in [5, 5.41) is 3.62. The summed E-state index contributed by atoms with van der Waals surface area (Å²) in [7, 11) is 0. The molecule has 0 radical (unpaired) electrons. The van der Waals surface area contributed by atoms with Gasteiger partial charge in [0, 0.05) is 49.5 Å². The zero-order valence-electron chi connectivity index (χ0n) is 15.5. The predicted molar refractivity (Wildman–Crippen MR) is 106 cm³/mol. The van der Waals surface area contributed by atoms with Crippen molar-refractivity contribution >= 4 is 28.3 Å². The molecule has 1 saturated heterocycles. The molecule has 3 heterocycles. The highest BCUT2D eigenvalue weighted by Crippen LogP contribution is 2.28. The third-order valence-electron chi connectivity index (χ3n) is 5.21. The Labute approximate surface area is 163 Å². The fourth-order valence-corrected chi connectivity index (χ4v) is 4.69. The number of hydrogen-bond donors (Lipinski definition) is 1. The Morgan fingerprint density at radius 2 is 2.19 bits per heavy atom. The van der Waals surface area contributed by atoms with Crippen molar-refractivity contribution in [1.29, 1.82) is 0 Å². The fraction of sp³-hybridized carbons (Fsp3) is 0.450. The summed E-state index contributed by atoms with van der Waals surface area (Å²) < 4.78 is 0. The van der Waals surface area contributed by atoms with Gasteiger partial charge in [0.1, 0.15) is 0 Å². The number of likely N-dealkylation sites (N-methyl/N-ethyl adjacent to an activating group) is 1. The van der Waals surface area contributed by atoms with Crippen LogP contribution in [0.1, 0.15) is 46.3 Å². The number of anilines is 1. The summed E-state index contributed by atoms with van der Waals surface area (Å²) in [6, 6.07) is 7.50. The predicted octanol–water partition coefficient (Wildman–Crippen LogP) is 2.90. The van der Waals surface area contributed by atoms with Crippen LogP contribution in [0.15, 0.2) is 24.3 Å². The number of rotatable bonds is 5. The maximum atomic E-state index is 12.7. The summed E-state index contributed by atoms with van der Waals surface area (Å²) in [5.74, 6) is 0.0439. The standard InChI is InChI=1S/C20H24N4O2S/c1-2-23-10-8-16-17(13-23)27-20(21-16)22-19(26)15-6-3-5-14(11-15)12-24-9-4-7-18(24)25/h3,5-6,11H,2,4,7-10,12-13H2,1H3,(H,21,22,26). The number of nitrogens with one attached hydrogen (secondary N) is 1. The number of thiazole rings is 1. The van der Waals surface area contributed by atoms with Crippen molar-refractivity contribution in [1.82, 2.24) is 14.8 Å². The second-order valence-electron chi connectivity index (χ2n) is 7.08. The van der Waals surface area contributed by atoms with Crippen LogP contribution in [0.3, 0.4) is 0 Å². The molecule has 0 saturated carbocycles. The monoisotopic (exact) mass is 384 g/mol. The zero-order chi connectivity index (χ0) is 18.8. The summed E-state index contributed by atoms with van der Waals surface area (Å²) in [4.78, 5) is 34.6. The molecular weight excluding hydrogens is 360 g/mol. The molecular formula is C20H24N4O2S. The lowest BCUT2D eigenvalue weighted by Crippen LogP contribution is -2.29. The lowest BCUT2D eigenvalue weighted by atomic mass is 10.1. The second-order valence-corrected chi connectivity index (χ2v) is 8.16. The van der Waals surface area contributed by atoms with E-state index in [9.17, 15) is 9.59 Å². The van der Waals surface area contributed by atoms with E-state index in [0.717, 1.165) is 50.3 Å². The minimum atomic E-state index is -0.150. The van der Waals surface area contributed by atoms with E-state index in [2.05, 4.69) is 22.1 Å². The van der Waals surface area contributed by atoms with Gasteiger partial charge in [-0.2, -0.15) is 0 Å². The van der Waals surface area contributed by atoms with Crippen molar-refractivity contribution in [3.05, 3.63) is 46.0 Å². The minimum absolute atomic E-state index is 0.150. The number of aromatic nitrogens is 1. The van der Waals surface area contributed by atoms with Gasteiger partial charge in [-0.25, -0.2) is 4.98 Å². The molecule has 2 amide bonds. The van der Waals surface area contributed by atoms with Crippen molar-refractivity contribution in [2.45, 2.75) is 39.3 Å². The van der Waals surface area contributed by atoms with Gasteiger partial charge in [-0.1, -0.05) is 19.1 Å². The highest BCUT2D eigenvalue weighted by Gasteiger charge is 2.22. The highest BCUT2D eigenvalue weighted by atomic mass is 32.1. The molecule has 6 nitrogen and oxygen atoms in total. The molecule has 1 aromatic heterocycles. The number of benzene rings is 1. The van der Waals surface area contributed by atoms with E-state index >= 15 is 0 Å². The van der Waals surface area contributed by atoms with E-state index in [-0.39, 0.29) is 11.8 Å². The van der Waals surface area contributed by atoms with Crippen molar-refractivity contribution in [2.24, 2.45) is 0 Å². The Hall–Kier alpha value is -2.25. The van der Waals surface area contributed by atoms with Gasteiger partial charge in [0.2, 0.25) is 5.91 Å². The van der Waals surface area contributed by atoms with Crippen LogP contribution in [0.5, 0.6) is 0 Å². The van der Waals surface area contributed by atoms with E-state index < -0.39 is 0 Å². The van der Waals surface area contributed by atoms with Crippen LogP contribution in [-0.4, -0.2) is 46.2 Å². The maximum Gasteiger partial charge on any atom is 0.257 e. The zero-order valence-corrected chi connectivity index (χ0v) is 16.3. The first kappa shape index (κ1) is 18.1. The Kier molecular flexibility index (Phi) is 5.22. The van der Waals surface area contributed by atoms with E-state index in [1.807, 2.05) is 23.1 Å². The van der Waals surface area contributed by atoms with Gasteiger partial charge in [0.25, 0.3) is 5.91 Å². The van der Waals surface area contributed by atoms with Crippen molar-refractivity contribution < 1.29 is 9.59 Å². The van der Waals surface area contributed by atoms with Crippen LogP contribution < -0.4 is 5.32 Å². The molecule has 2 aliphatic heterocycles. The quantitative estimate of drug-likeness (QED) is 0.861. The van der Waals surface area contributed by atoms with E-state index in [1.54, 1.807) is 17.4 Å². The molecule has 0 unspecified atom stereocenters. The van der Waals surface area contributed by atoms with Gasteiger partial charge in [-0.05, 0) is 30.7 Å². The third-order valence-corrected chi connectivity index (χ3v) is 6.21. The number of fused-ring (bicyclic) bond motifs is 1. The Morgan fingerprint density at radius 1 is 1.30 bits per heavy atom. The largest absolute Gasteiger partial charge is 0.338 e. The molecule has 0 spiro atoms. The van der Waals surface area contributed by atoms with E-state index in [4.69, 9.17) is 0 Å². The molecule has 2 aliphatic rings.